The van der Waals surface area contributed by atoms with Gasteiger partial charge in [-0.15, -0.1) is 0 Å². The van der Waals surface area contributed by atoms with Crippen molar-refractivity contribution >= 4 is 17.5 Å². The van der Waals surface area contributed by atoms with Gasteiger partial charge in [-0.05, 0) is 6.07 Å². The highest BCUT2D eigenvalue weighted by atomic mass is 16.5. The summed E-state index contributed by atoms with van der Waals surface area (Å²) >= 11 is 0. The molecule has 3 heteroatoms. The lowest BCUT2D eigenvalue weighted by atomic mass is 10.1. The first kappa shape index (κ1) is 9.32. The van der Waals surface area contributed by atoms with Crippen LogP contribution < -0.4 is 10.5 Å². The molecule has 0 saturated heterocycles. The summed E-state index contributed by atoms with van der Waals surface area (Å²) in [5, 5.41) is 0. The molecule has 0 unspecified atom stereocenters. The lowest BCUT2D eigenvalue weighted by Gasteiger charge is -2.09. The van der Waals surface area contributed by atoms with Crippen molar-refractivity contribution in [2.45, 2.75) is 0 Å². The molecule has 68 valence electrons. The minimum atomic E-state index is 0.365. The number of allylic oxidation sites excluding steroid dienone is 1. The van der Waals surface area contributed by atoms with Crippen molar-refractivity contribution in [2.24, 2.45) is 0 Å². The van der Waals surface area contributed by atoms with Gasteiger partial charge in [0.2, 0.25) is 0 Å². The van der Waals surface area contributed by atoms with E-state index < -0.39 is 0 Å². The van der Waals surface area contributed by atoms with Crippen LogP contribution in [0.5, 0.6) is 5.75 Å². The van der Waals surface area contributed by atoms with E-state index >= 15 is 0 Å². The molecular weight excluding hydrogens is 166 g/mol. The zero-order chi connectivity index (χ0) is 9.84. The van der Waals surface area contributed by atoms with Gasteiger partial charge in [-0.25, -0.2) is 0 Å². The summed E-state index contributed by atoms with van der Waals surface area (Å²) in [7, 11) is 1.51. The molecule has 0 aromatic heterocycles. The van der Waals surface area contributed by atoms with Crippen LogP contribution >= 0.6 is 0 Å². The molecule has 0 radical (unpaired) electrons. The van der Waals surface area contributed by atoms with E-state index in [0.717, 1.165) is 0 Å². The molecule has 0 atom stereocenters. The zero-order valence-electron chi connectivity index (χ0n) is 7.41. The summed E-state index contributed by atoms with van der Waals surface area (Å²) in [4.78, 5) is 10.5. The van der Waals surface area contributed by atoms with Crippen LogP contribution in [0.4, 0.5) is 5.69 Å². The lowest BCUT2D eigenvalue weighted by molar-refractivity contribution is -0.103. The highest BCUT2D eigenvalue weighted by Crippen LogP contribution is 2.29. The van der Waals surface area contributed by atoms with Crippen molar-refractivity contribution in [3.8, 4) is 5.75 Å². The van der Waals surface area contributed by atoms with Gasteiger partial charge in [-0.1, -0.05) is 18.7 Å². The number of aldehydes is 1. The number of benzene rings is 1. The topological polar surface area (TPSA) is 52.3 Å². The molecule has 1 rings (SSSR count). The predicted octanol–water partition coefficient (Wildman–Crippen LogP) is 1.49. The first-order valence-corrected chi connectivity index (χ1v) is 3.77. The zero-order valence-corrected chi connectivity index (χ0v) is 7.41. The number of hydrogen-bond acceptors (Lipinski definition) is 3. The van der Waals surface area contributed by atoms with Crippen molar-refractivity contribution in [2.75, 3.05) is 12.8 Å². The van der Waals surface area contributed by atoms with Crippen LogP contribution in [0.15, 0.2) is 24.8 Å². The molecule has 1 aromatic carbocycles. The van der Waals surface area contributed by atoms with Crippen LogP contribution in [-0.2, 0) is 4.79 Å². The van der Waals surface area contributed by atoms with Crippen molar-refractivity contribution < 1.29 is 9.53 Å². The maximum Gasteiger partial charge on any atom is 0.150 e. The summed E-state index contributed by atoms with van der Waals surface area (Å²) in [5.74, 6) is 0.500. The van der Waals surface area contributed by atoms with E-state index in [9.17, 15) is 4.79 Å². The minimum Gasteiger partial charge on any atom is -0.494 e. The number of hydrogen-bond donors (Lipinski definition) is 1. The van der Waals surface area contributed by atoms with E-state index in [1.807, 2.05) is 0 Å². The van der Waals surface area contributed by atoms with E-state index in [0.29, 0.717) is 28.9 Å². The number of methoxy groups -OCH3 is 1. The van der Waals surface area contributed by atoms with Crippen LogP contribution in [0.3, 0.4) is 0 Å². The number of carbonyl (C=O) groups excluding carboxylic acids is 1. The first-order valence-electron chi connectivity index (χ1n) is 3.77. The Morgan fingerprint density at radius 1 is 1.62 bits per heavy atom. The Kier molecular flexibility index (Phi) is 2.69. The van der Waals surface area contributed by atoms with Crippen LogP contribution in [0.1, 0.15) is 5.56 Å². The number of nitrogens with two attached hydrogens (primary N) is 1. The normalized spacial score (nSPS) is 9.31. The number of ether oxygens (including phenoxy) is 1. The summed E-state index contributed by atoms with van der Waals surface area (Å²) < 4.78 is 5.05. The number of para-hydroxylation sites is 1. The van der Waals surface area contributed by atoms with Crippen LogP contribution in [0, 0.1) is 0 Å². The maximum atomic E-state index is 10.5. The largest absolute Gasteiger partial charge is 0.494 e. The van der Waals surface area contributed by atoms with Gasteiger partial charge in [0.25, 0.3) is 0 Å². The second kappa shape index (κ2) is 3.76. The summed E-state index contributed by atoms with van der Waals surface area (Å²) in [6, 6.07) is 5.20. The smallest absolute Gasteiger partial charge is 0.150 e. The molecule has 0 saturated carbocycles. The number of anilines is 1. The molecule has 0 aliphatic rings. The molecule has 1 aromatic rings. The lowest BCUT2D eigenvalue weighted by Crippen LogP contribution is -1.96. The van der Waals surface area contributed by atoms with Gasteiger partial charge in [0, 0.05) is 11.1 Å². The van der Waals surface area contributed by atoms with Gasteiger partial charge in [0.05, 0.1) is 12.8 Å². The highest BCUT2D eigenvalue weighted by molar-refractivity contribution is 6.07. The van der Waals surface area contributed by atoms with Crippen molar-refractivity contribution in [3.63, 3.8) is 0 Å². The Morgan fingerprint density at radius 2 is 2.31 bits per heavy atom. The van der Waals surface area contributed by atoms with E-state index in [2.05, 4.69) is 6.58 Å². The van der Waals surface area contributed by atoms with Crippen molar-refractivity contribution in [1.29, 1.82) is 0 Å². The molecule has 0 spiro atoms. The fourth-order valence-corrected chi connectivity index (χ4v) is 1.10. The first-order chi connectivity index (χ1) is 6.20. The second-order valence-electron chi connectivity index (χ2n) is 2.57. The fourth-order valence-electron chi connectivity index (χ4n) is 1.10. The van der Waals surface area contributed by atoms with Crippen LogP contribution in [0.2, 0.25) is 0 Å². The van der Waals surface area contributed by atoms with Crippen molar-refractivity contribution in [3.05, 3.63) is 30.3 Å². The molecular formula is C10H11NO2. The van der Waals surface area contributed by atoms with Gasteiger partial charge in [0.15, 0.2) is 0 Å². The number of carbonyl (C=O) groups is 1. The SMILES string of the molecule is C=C(C=O)c1cccc(N)c1OC. The Morgan fingerprint density at radius 3 is 2.85 bits per heavy atom. The number of nitrogen functional groups attached to an aromatic ring is 1. The molecule has 0 amide bonds. The van der Waals surface area contributed by atoms with Crippen molar-refractivity contribution in [1.82, 2.24) is 0 Å². The predicted molar refractivity (Wildman–Crippen MR) is 52.5 cm³/mol. The van der Waals surface area contributed by atoms with Gasteiger partial charge < -0.3 is 10.5 Å². The molecule has 0 aliphatic carbocycles. The second-order valence-corrected chi connectivity index (χ2v) is 2.57. The molecule has 0 bridgehead atoms. The van der Waals surface area contributed by atoms with Crippen LogP contribution in [0.25, 0.3) is 5.57 Å². The standard InChI is InChI=1S/C10H11NO2/c1-7(6-12)8-4-3-5-9(11)10(8)13-2/h3-6H,1,11H2,2H3. The molecule has 3 nitrogen and oxygen atoms in total. The number of rotatable bonds is 3. The molecule has 2 N–H and O–H groups in total. The highest BCUT2D eigenvalue weighted by Gasteiger charge is 2.08. The van der Waals surface area contributed by atoms with Gasteiger partial charge in [-0.2, -0.15) is 0 Å². The Hall–Kier alpha value is -1.77. The van der Waals surface area contributed by atoms with Gasteiger partial charge >= 0.3 is 0 Å². The molecule has 0 aliphatic heterocycles. The van der Waals surface area contributed by atoms with Crippen LogP contribution in [-0.4, -0.2) is 13.4 Å². The summed E-state index contributed by atoms with van der Waals surface area (Å²) in [6.07, 6.45) is 0.678. The molecule has 13 heavy (non-hydrogen) atoms. The minimum absolute atomic E-state index is 0.365. The fraction of sp³-hybridized carbons (Fsp3) is 0.100. The third kappa shape index (κ3) is 1.69. The monoisotopic (exact) mass is 177 g/mol. The molecule has 0 fully saturated rings. The Labute approximate surface area is 76.8 Å². The third-order valence-corrected chi connectivity index (χ3v) is 1.74. The third-order valence-electron chi connectivity index (χ3n) is 1.74. The average molecular weight is 177 g/mol. The Bertz CT molecular complexity index is 345. The van der Waals surface area contributed by atoms with Gasteiger partial charge in [-0.3, -0.25) is 4.79 Å². The maximum absolute atomic E-state index is 10.5. The summed E-state index contributed by atoms with van der Waals surface area (Å²) in [6.45, 7) is 3.59. The average Bonchev–Trinajstić information content (AvgIpc) is 2.16. The molecule has 0 heterocycles. The van der Waals surface area contributed by atoms with E-state index in [1.165, 1.54) is 7.11 Å². The summed E-state index contributed by atoms with van der Waals surface area (Å²) in [5.41, 5.74) is 7.15. The van der Waals surface area contributed by atoms with Gasteiger partial charge in [0.1, 0.15) is 12.0 Å². The van der Waals surface area contributed by atoms with E-state index in [1.54, 1.807) is 18.2 Å². The Balaban J connectivity index is 3.27. The van der Waals surface area contributed by atoms with E-state index in [-0.39, 0.29) is 0 Å². The quantitative estimate of drug-likeness (QED) is 0.432. The van der Waals surface area contributed by atoms with E-state index in [4.69, 9.17) is 10.5 Å².